The van der Waals surface area contributed by atoms with Crippen molar-refractivity contribution in [1.29, 1.82) is 0 Å². The lowest BCUT2D eigenvalue weighted by atomic mass is 10.1. The molecule has 0 aliphatic carbocycles. The Bertz CT molecular complexity index is 1090. The lowest BCUT2D eigenvalue weighted by Gasteiger charge is -2.16. The standard InChI is InChI=1S/C21H27N5O3/c1-13(2)8-11-26-21(28)25-10-9-16(5-7-19(25)24-26)23-20(27)15-4-6-17-18(12-15)29-14(3)22-17/h4,6,12-13,16H,5,7-11H2,1-3H3,(H,23,27). The van der Waals surface area contributed by atoms with Crippen molar-refractivity contribution in [2.45, 2.75) is 65.6 Å². The largest absolute Gasteiger partial charge is 0.441 e. The van der Waals surface area contributed by atoms with Crippen LogP contribution in [-0.4, -0.2) is 31.3 Å². The van der Waals surface area contributed by atoms with Crippen LogP contribution in [0.3, 0.4) is 0 Å². The fourth-order valence-corrected chi connectivity index (χ4v) is 3.75. The number of carbonyl (C=O) groups excluding carboxylic acids is 1. The van der Waals surface area contributed by atoms with E-state index in [1.54, 1.807) is 34.4 Å². The molecule has 1 aliphatic rings. The van der Waals surface area contributed by atoms with Crippen molar-refractivity contribution in [3.05, 3.63) is 46.0 Å². The molecule has 1 aliphatic heterocycles. The van der Waals surface area contributed by atoms with Crippen LogP contribution < -0.4 is 11.0 Å². The van der Waals surface area contributed by atoms with Gasteiger partial charge in [-0.2, -0.15) is 5.10 Å². The smallest absolute Gasteiger partial charge is 0.345 e. The molecule has 1 aromatic carbocycles. The molecule has 8 heteroatoms. The molecule has 154 valence electrons. The molecular weight excluding hydrogens is 370 g/mol. The number of aryl methyl sites for hydroxylation is 3. The molecule has 0 bridgehead atoms. The molecule has 0 radical (unpaired) electrons. The first-order chi connectivity index (χ1) is 13.9. The van der Waals surface area contributed by atoms with Gasteiger partial charge in [-0.1, -0.05) is 13.8 Å². The molecule has 29 heavy (non-hydrogen) atoms. The molecule has 3 heterocycles. The number of nitrogens with one attached hydrogen (secondary N) is 1. The van der Waals surface area contributed by atoms with E-state index in [2.05, 4.69) is 29.2 Å². The van der Waals surface area contributed by atoms with Crippen LogP contribution in [0.25, 0.3) is 11.1 Å². The Balaban J connectivity index is 1.41. The Morgan fingerprint density at radius 3 is 2.97 bits per heavy atom. The van der Waals surface area contributed by atoms with E-state index in [9.17, 15) is 9.59 Å². The van der Waals surface area contributed by atoms with Gasteiger partial charge in [-0.05, 0) is 43.4 Å². The number of hydrogen-bond acceptors (Lipinski definition) is 5. The highest BCUT2D eigenvalue weighted by molar-refractivity contribution is 5.97. The van der Waals surface area contributed by atoms with Crippen molar-refractivity contribution >= 4 is 17.0 Å². The first-order valence-electron chi connectivity index (χ1n) is 10.3. The van der Waals surface area contributed by atoms with Crippen LogP contribution >= 0.6 is 0 Å². The van der Waals surface area contributed by atoms with Crippen LogP contribution in [0.5, 0.6) is 0 Å². The predicted molar refractivity (Wildman–Crippen MR) is 109 cm³/mol. The maximum atomic E-state index is 12.7. The zero-order valence-corrected chi connectivity index (χ0v) is 17.1. The highest BCUT2D eigenvalue weighted by Crippen LogP contribution is 2.18. The van der Waals surface area contributed by atoms with Crippen LogP contribution in [0.2, 0.25) is 0 Å². The van der Waals surface area contributed by atoms with Crippen molar-refractivity contribution in [2.75, 3.05) is 0 Å². The first-order valence-corrected chi connectivity index (χ1v) is 10.3. The summed E-state index contributed by atoms with van der Waals surface area (Å²) in [5.41, 5.74) is 1.86. The fourth-order valence-electron chi connectivity index (χ4n) is 3.75. The lowest BCUT2D eigenvalue weighted by Crippen LogP contribution is -2.35. The molecule has 8 nitrogen and oxygen atoms in total. The third kappa shape index (κ3) is 4.11. The maximum Gasteiger partial charge on any atom is 0.345 e. The van der Waals surface area contributed by atoms with Crippen molar-refractivity contribution in [3.8, 4) is 0 Å². The average Bonchev–Trinajstić information content (AvgIpc) is 3.12. The maximum absolute atomic E-state index is 12.7. The van der Waals surface area contributed by atoms with Gasteiger partial charge >= 0.3 is 5.69 Å². The van der Waals surface area contributed by atoms with Crippen molar-refractivity contribution in [3.63, 3.8) is 0 Å². The molecule has 0 spiro atoms. The first kappa shape index (κ1) is 19.4. The van der Waals surface area contributed by atoms with E-state index in [1.807, 2.05) is 0 Å². The number of aromatic nitrogens is 4. The van der Waals surface area contributed by atoms with Crippen LogP contribution in [0.1, 0.15) is 55.2 Å². The van der Waals surface area contributed by atoms with E-state index >= 15 is 0 Å². The Hall–Kier alpha value is -2.90. The Morgan fingerprint density at radius 2 is 2.17 bits per heavy atom. The number of hydrogen-bond donors (Lipinski definition) is 1. The molecule has 3 aromatic rings. The van der Waals surface area contributed by atoms with E-state index in [-0.39, 0.29) is 17.6 Å². The minimum Gasteiger partial charge on any atom is -0.441 e. The second kappa shape index (κ2) is 7.85. The average molecular weight is 397 g/mol. The summed E-state index contributed by atoms with van der Waals surface area (Å²) in [6.07, 6.45) is 3.08. The molecule has 0 saturated carbocycles. The van der Waals surface area contributed by atoms with E-state index in [1.165, 1.54) is 0 Å². The third-order valence-corrected chi connectivity index (χ3v) is 5.43. The molecule has 2 aromatic heterocycles. The minimum absolute atomic E-state index is 0.000117. The highest BCUT2D eigenvalue weighted by Gasteiger charge is 2.22. The molecule has 0 saturated heterocycles. The summed E-state index contributed by atoms with van der Waals surface area (Å²) in [6.45, 7) is 7.29. The van der Waals surface area contributed by atoms with Gasteiger partial charge in [0.05, 0.1) is 0 Å². The molecule has 1 amide bonds. The number of nitrogens with zero attached hydrogens (tertiary/aromatic N) is 4. The second-order valence-corrected chi connectivity index (χ2v) is 8.17. The Kier molecular flexibility index (Phi) is 5.25. The summed E-state index contributed by atoms with van der Waals surface area (Å²) in [5, 5.41) is 7.62. The van der Waals surface area contributed by atoms with Gasteiger partial charge in [0.2, 0.25) is 0 Å². The number of benzene rings is 1. The second-order valence-electron chi connectivity index (χ2n) is 8.17. The molecule has 1 atom stereocenters. The van der Waals surface area contributed by atoms with E-state index in [0.29, 0.717) is 48.9 Å². The zero-order chi connectivity index (χ0) is 20.5. The molecular formula is C21H27N5O3. The van der Waals surface area contributed by atoms with Gasteiger partial charge < -0.3 is 9.73 Å². The third-order valence-electron chi connectivity index (χ3n) is 5.43. The Labute approximate surface area is 168 Å². The van der Waals surface area contributed by atoms with Gasteiger partial charge in [0.25, 0.3) is 5.91 Å². The number of fused-ring (bicyclic) bond motifs is 2. The summed E-state index contributed by atoms with van der Waals surface area (Å²) < 4.78 is 8.87. The van der Waals surface area contributed by atoms with E-state index < -0.39 is 0 Å². The van der Waals surface area contributed by atoms with E-state index in [0.717, 1.165) is 24.2 Å². The molecule has 1 unspecified atom stereocenters. The van der Waals surface area contributed by atoms with Gasteiger partial charge in [-0.25, -0.2) is 14.5 Å². The van der Waals surface area contributed by atoms with Gasteiger partial charge in [0.1, 0.15) is 11.3 Å². The zero-order valence-electron chi connectivity index (χ0n) is 17.1. The highest BCUT2D eigenvalue weighted by atomic mass is 16.3. The lowest BCUT2D eigenvalue weighted by molar-refractivity contribution is 0.0933. The number of carbonyl (C=O) groups is 1. The van der Waals surface area contributed by atoms with Crippen LogP contribution in [0.15, 0.2) is 27.4 Å². The minimum atomic E-state index is -0.139. The number of oxazole rings is 1. The number of rotatable bonds is 5. The van der Waals surface area contributed by atoms with E-state index in [4.69, 9.17) is 4.42 Å². The fraction of sp³-hybridized carbons (Fsp3) is 0.524. The van der Waals surface area contributed by atoms with Gasteiger partial charge in [-0.15, -0.1) is 0 Å². The SMILES string of the molecule is Cc1nc2ccc(C(=O)NC3CCc4nn(CCC(C)C)c(=O)n4CC3)cc2o1. The summed E-state index contributed by atoms with van der Waals surface area (Å²) in [4.78, 5) is 29.6. The van der Waals surface area contributed by atoms with Crippen LogP contribution in [0, 0.1) is 12.8 Å². The van der Waals surface area contributed by atoms with Gasteiger partial charge in [-0.3, -0.25) is 9.36 Å². The summed E-state index contributed by atoms with van der Waals surface area (Å²) in [5.74, 6) is 1.78. The van der Waals surface area contributed by atoms with Crippen LogP contribution in [-0.2, 0) is 19.5 Å². The molecule has 1 N–H and O–H groups in total. The van der Waals surface area contributed by atoms with Crippen molar-refractivity contribution < 1.29 is 9.21 Å². The van der Waals surface area contributed by atoms with Gasteiger partial charge in [0.15, 0.2) is 11.5 Å². The monoisotopic (exact) mass is 397 g/mol. The summed E-state index contributed by atoms with van der Waals surface area (Å²) in [7, 11) is 0. The summed E-state index contributed by atoms with van der Waals surface area (Å²) >= 11 is 0. The molecule has 4 rings (SSSR count). The van der Waals surface area contributed by atoms with Crippen molar-refractivity contribution in [1.82, 2.24) is 24.6 Å². The Morgan fingerprint density at radius 1 is 1.34 bits per heavy atom. The quantitative estimate of drug-likeness (QED) is 0.714. The van der Waals surface area contributed by atoms with Gasteiger partial charge in [0, 0.05) is 38.0 Å². The predicted octanol–water partition coefficient (Wildman–Crippen LogP) is 2.68. The van der Waals surface area contributed by atoms with Crippen molar-refractivity contribution in [2.24, 2.45) is 5.92 Å². The summed E-state index contributed by atoms with van der Waals surface area (Å²) in [6, 6.07) is 5.28. The molecule has 0 fully saturated rings. The number of amides is 1. The normalized spacial score (nSPS) is 16.8. The topological polar surface area (TPSA) is 95.0 Å². The van der Waals surface area contributed by atoms with Crippen LogP contribution in [0.4, 0.5) is 0 Å².